The minimum absolute atomic E-state index is 0.0143. The average molecular weight is 370 g/mol. The largest absolute Gasteiger partial charge is 0.497 e. The summed E-state index contributed by atoms with van der Waals surface area (Å²) in [5.41, 5.74) is 3.16. The van der Waals surface area contributed by atoms with Gasteiger partial charge < -0.3 is 28.1 Å². The van der Waals surface area contributed by atoms with E-state index >= 15 is 0 Å². The van der Waals surface area contributed by atoms with Gasteiger partial charge in [-0.15, -0.1) is 0 Å². The molecule has 1 saturated heterocycles. The molecule has 0 saturated carbocycles. The summed E-state index contributed by atoms with van der Waals surface area (Å²) in [5.74, 6) is 1.40. The fourth-order valence-corrected chi connectivity index (χ4v) is 3.39. The van der Waals surface area contributed by atoms with Gasteiger partial charge in [0.2, 0.25) is 0 Å². The minimum Gasteiger partial charge on any atom is -0.497 e. The maximum atomic E-state index is 13.1. The molecule has 0 radical (unpaired) electrons. The van der Waals surface area contributed by atoms with Crippen LogP contribution in [0.5, 0.6) is 11.5 Å². The van der Waals surface area contributed by atoms with Crippen molar-refractivity contribution in [3.05, 3.63) is 47.9 Å². The quantitative estimate of drug-likeness (QED) is 0.691. The van der Waals surface area contributed by atoms with Gasteiger partial charge >= 0.3 is 0 Å². The van der Waals surface area contributed by atoms with Crippen LogP contribution in [0.4, 0.5) is 0 Å². The molecule has 2 aromatic heterocycles. The van der Waals surface area contributed by atoms with Crippen LogP contribution in [0.25, 0.3) is 11.1 Å². The van der Waals surface area contributed by atoms with Crippen LogP contribution in [0.2, 0.25) is 0 Å². The normalized spacial score (nSPS) is 14.5. The Morgan fingerprint density at radius 2 is 1.78 bits per heavy atom. The number of aromatic nitrogens is 1. The zero-order valence-corrected chi connectivity index (χ0v) is 15.4. The molecule has 3 aromatic rings. The van der Waals surface area contributed by atoms with E-state index in [9.17, 15) is 4.79 Å². The van der Waals surface area contributed by atoms with Gasteiger partial charge in [-0.05, 0) is 17.7 Å². The number of carbonyl (C=O) groups is 1. The average Bonchev–Trinajstić information content (AvgIpc) is 3.30. The lowest BCUT2D eigenvalue weighted by atomic mass is 10.2. The smallest absolute Gasteiger partial charge is 0.270 e. The number of hydrogen-bond acceptors (Lipinski definition) is 5. The van der Waals surface area contributed by atoms with Gasteiger partial charge in [-0.1, -0.05) is 0 Å². The van der Waals surface area contributed by atoms with E-state index in [0.29, 0.717) is 55.6 Å². The Hall–Kier alpha value is -2.93. The summed E-state index contributed by atoms with van der Waals surface area (Å²) in [6.45, 7) is 2.82. The van der Waals surface area contributed by atoms with E-state index in [1.807, 2.05) is 39.8 Å². The highest BCUT2D eigenvalue weighted by atomic mass is 16.5. The Labute approximate surface area is 157 Å². The fraction of sp³-hybridized carbons (Fsp3) is 0.350. The van der Waals surface area contributed by atoms with Crippen molar-refractivity contribution < 1.29 is 23.4 Å². The van der Waals surface area contributed by atoms with Crippen molar-refractivity contribution in [2.75, 3.05) is 40.5 Å². The third kappa shape index (κ3) is 3.38. The second kappa shape index (κ2) is 7.36. The summed E-state index contributed by atoms with van der Waals surface area (Å²) >= 11 is 0. The summed E-state index contributed by atoms with van der Waals surface area (Å²) in [5, 5.41) is 0. The van der Waals surface area contributed by atoms with Crippen molar-refractivity contribution in [1.29, 1.82) is 0 Å². The SMILES string of the molecule is COc1cc(Cn2c(C(=O)N3CCOCC3)cc3occc32)cc(OC)c1. The van der Waals surface area contributed by atoms with Gasteiger partial charge in [-0.2, -0.15) is 0 Å². The number of furan rings is 1. The molecule has 0 unspecified atom stereocenters. The van der Waals surface area contributed by atoms with Crippen LogP contribution in [0, 0.1) is 0 Å². The predicted molar refractivity (Wildman–Crippen MR) is 99.6 cm³/mol. The van der Waals surface area contributed by atoms with Gasteiger partial charge in [0.15, 0.2) is 5.58 Å². The number of nitrogens with zero attached hydrogens (tertiary/aromatic N) is 2. The molecule has 1 fully saturated rings. The van der Waals surface area contributed by atoms with E-state index in [0.717, 1.165) is 11.1 Å². The topological polar surface area (TPSA) is 66.1 Å². The molecule has 0 bridgehead atoms. The second-order valence-electron chi connectivity index (χ2n) is 6.41. The van der Waals surface area contributed by atoms with Gasteiger partial charge in [-0.25, -0.2) is 0 Å². The summed E-state index contributed by atoms with van der Waals surface area (Å²) in [7, 11) is 3.24. The van der Waals surface area contributed by atoms with E-state index in [-0.39, 0.29) is 5.91 Å². The predicted octanol–water partition coefficient (Wildman–Crippen LogP) is 2.77. The molecule has 1 amide bonds. The summed E-state index contributed by atoms with van der Waals surface area (Å²) in [6.07, 6.45) is 1.64. The number of rotatable bonds is 5. The van der Waals surface area contributed by atoms with Crippen molar-refractivity contribution in [1.82, 2.24) is 9.47 Å². The molecule has 4 rings (SSSR count). The molecule has 0 atom stereocenters. The zero-order chi connectivity index (χ0) is 18.8. The third-order valence-corrected chi connectivity index (χ3v) is 4.79. The van der Waals surface area contributed by atoms with Crippen LogP contribution in [0.3, 0.4) is 0 Å². The van der Waals surface area contributed by atoms with Crippen LogP contribution >= 0.6 is 0 Å². The van der Waals surface area contributed by atoms with Crippen LogP contribution < -0.4 is 9.47 Å². The molecule has 1 aliphatic rings. The number of amides is 1. The van der Waals surface area contributed by atoms with Gasteiger partial charge in [0.05, 0.1) is 39.2 Å². The first-order valence-electron chi connectivity index (χ1n) is 8.85. The van der Waals surface area contributed by atoms with Crippen LogP contribution in [-0.2, 0) is 11.3 Å². The number of hydrogen-bond donors (Lipinski definition) is 0. The van der Waals surface area contributed by atoms with E-state index in [1.54, 1.807) is 20.5 Å². The molecular formula is C20H22N2O5. The number of morpholine rings is 1. The van der Waals surface area contributed by atoms with Crippen molar-refractivity contribution in [3.8, 4) is 11.5 Å². The van der Waals surface area contributed by atoms with Crippen molar-refractivity contribution in [2.24, 2.45) is 0 Å². The molecule has 1 aliphatic heterocycles. The van der Waals surface area contributed by atoms with E-state index in [1.165, 1.54) is 0 Å². The van der Waals surface area contributed by atoms with Crippen LogP contribution in [0.1, 0.15) is 16.1 Å². The summed E-state index contributed by atoms with van der Waals surface area (Å²) < 4.78 is 23.6. The van der Waals surface area contributed by atoms with Gasteiger partial charge in [0, 0.05) is 37.8 Å². The Bertz CT molecular complexity index is 930. The van der Waals surface area contributed by atoms with Gasteiger partial charge in [0.1, 0.15) is 17.2 Å². The highest BCUT2D eigenvalue weighted by Gasteiger charge is 2.24. The maximum absolute atomic E-state index is 13.1. The molecule has 27 heavy (non-hydrogen) atoms. The lowest BCUT2D eigenvalue weighted by Crippen LogP contribution is -2.41. The standard InChI is InChI=1S/C20H22N2O5/c1-24-15-9-14(10-16(11-15)25-2)13-22-17-3-6-27-19(17)12-18(22)20(23)21-4-7-26-8-5-21/h3,6,9-12H,4-5,7-8,13H2,1-2H3. The highest BCUT2D eigenvalue weighted by Crippen LogP contribution is 2.27. The maximum Gasteiger partial charge on any atom is 0.270 e. The highest BCUT2D eigenvalue weighted by molar-refractivity contribution is 5.97. The fourth-order valence-electron chi connectivity index (χ4n) is 3.39. The van der Waals surface area contributed by atoms with E-state index in [2.05, 4.69) is 0 Å². The Balaban J connectivity index is 1.72. The molecular weight excluding hydrogens is 348 g/mol. The molecule has 1 aromatic carbocycles. The van der Waals surface area contributed by atoms with E-state index < -0.39 is 0 Å². The summed E-state index contributed by atoms with van der Waals surface area (Å²) in [4.78, 5) is 14.9. The van der Waals surface area contributed by atoms with Crippen molar-refractivity contribution >= 4 is 17.0 Å². The van der Waals surface area contributed by atoms with Crippen LogP contribution in [-0.4, -0.2) is 55.9 Å². The second-order valence-corrected chi connectivity index (χ2v) is 6.41. The monoisotopic (exact) mass is 370 g/mol. The third-order valence-electron chi connectivity index (χ3n) is 4.79. The molecule has 0 N–H and O–H groups in total. The molecule has 0 spiro atoms. The lowest BCUT2D eigenvalue weighted by Gasteiger charge is -2.27. The van der Waals surface area contributed by atoms with Gasteiger partial charge in [0.25, 0.3) is 5.91 Å². The Morgan fingerprint density at radius 1 is 1.07 bits per heavy atom. The first-order valence-corrected chi connectivity index (χ1v) is 8.85. The first-order chi connectivity index (χ1) is 13.2. The molecule has 7 nitrogen and oxygen atoms in total. The molecule has 3 heterocycles. The van der Waals surface area contributed by atoms with Crippen LogP contribution in [0.15, 0.2) is 41.0 Å². The number of methoxy groups -OCH3 is 2. The number of carbonyl (C=O) groups excluding carboxylic acids is 1. The van der Waals surface area contributed by atoms with Crippen molar-refractivity contribution in [2.45, 2.75) is 6.54 Å². The number of fused-ring (bicyclic) bond motifs is 1. The van der Waals surface area contributed by atoms with Gasteiger partial charge in [-0.3, -0.25) is 4.79 Å². The molecule has 142 valence electrons. The Kier molecular flexibility index (Phi) is 4.77. The number of ether oxygens (including phenoxy) is 3. The Morgan fingerprint density at radius 3 is 2.44 bits per heavy atom. The molecule has 0 aliphatic carbocycles. The zero-order valence-electron chi connectivity index (χ0n) is 15.4. The lowest BCUT2D eigenvalue weighted by molar-refractivity contribution is 0.0296. The number of benzene rings is 1. The minimum atomic E-state index is -0.0143. The first kappa shape index (κ1) is 17.5. The van der Waals surface area contributed by atoms with Crippen molar-refractivity contribution in [3.63, 3.8) is 0 Å². The summed E-state index contributed by atoms with van der Waals surface area (Å²) in [6, 6.07) is 9.40. The van der Waals surface area contributed by atoms with E-state index in [4.69, 9.17) is 18.6 Å². The molecule has 7 heteroatoms.